The minimum atomic E-state index is -1.55. The third kappa shape index (κ3) is 4.88. The molecule has 2 aliphatic carbocycles. The van der Waals surface area contributed by atoms with Gasteiger partial charge in [0, 0.05) is 16.4 Å². The van der Waals surface area contributed by atoms with Crippen LogP contribution in [0.2, 0.25) is 0 Å². The summed E-state index contributed by atoms with van der Waals surface area (Å²) in [6, 6.07) is -0.449. The highest BCUT2D eigenvalue weighted by molar-refractivity contribution is 9.10. The highest BCUT2D eigenvalue weighted by atomic mass is 79.9. The maximum Gasteiger partial charge on any atom is 0.316 e. The second-order valence-electron chi connectivity index (χ2n) is 7.65. The minimum absolute atomic E-state index is 0.340. The lowest BCUT2D eigenvalue weighted by Crippen LogP contribution is -2.21. The van der Waals surface area contributed by atoms with Crippen molar-refractivity contribution < 1.29 is 14.1 Å². The molecule has 4 rings (SSSR count). The van der Waals surface area contributed by atoms with Gasteiger partial charge in [-0.15, -0.1) is 11.3 Å². The number of hydrogen-bond donors (Lipinski definition) is 4. The number of anilines is 1. The fraction of sp³-hybridized carbons (Fsp3) is 0.474. The topological polar surface area (TPSA) is 131 Å². The predicted octanol–water partition coefficient (Wildman–Crippen LogP) is 3.27. The predicted molar refractivity (Wildman–Crippen MR) is 119 cm³/mol. The first-order valence-corrected chi connectivity index (χ1v) is 12.2. The molecule has 2 amide bonds. The Hall–Kier alpha value is -1.33. The molecule has 1 heterocycles. The largest absolute Gasteiger partial charge is 0.385 e. The molecule has 0 saturated heterocycles. The van der Waals surface area contributed by atoms with Crippen LogP contribution in [0.1, 0.15) is 53.8 Å². The van der Waals surface area contributed by atoms with Gasteiger partial charge in [-0.25, -0.2) is 19.1 Å². The second-order valence-corrected chi connectivity index (χ2v) is 10.7. The average Bonchev–Trinajstić information content (AvgIpc) is 3.38. The lowest BCUT2D eigenvalue weighted by atomic mass is 9.99. The normalized spacial score (nSPS) is 15.9. The Labute approximate surface area is 185 Å². The van der Waals surface area contributed by atoms with Crippen molar-refractivity contribution in [3.63, 3.8) is 0 Å². The summed E-state index contributed by atoms with van der Waals surface area (Å²) in [5.41, 5.74) is 10.7. The van der Waals surface area contributed by atoms with Gasteiger partial charge in [-0.3, -0.25) is 0 Å². The second kappa shape index (κ2) is 8.81. The van der Waals surface area contributed by atoms with Crippen LogP contribution in [0.5, 0.6) is 0 Å². The van der Waals surface area contributed by atoms with E-state index in [1.165, 1.54) is 45.8 Å². The summed E-state index contributed by atoms with van der Waals surface area (Å²) in [6.45, 7) is 3.29. The van der Waals surface area contributed by atoms with Gasteiger partial charge in [0.05, 0.1) is 10.5 Å². The van der Waals surface area contributed by atoms with E-state index in [4.69, 9.17) is 10.9 Å². The van der Waals surface area contributed by atoms with E-state index in [-0.39, 0.29) is 0 Å². The van der Waals surface area contributed by atoms with E-state index >= 15 is 0 Å². The van der Waals surface area contributed by atoms with Crippen molar-refractivity contribution in [3.8, 4) is 0 Å². The number of rotatable bonds is 3. The monoisotopic (exact) mass is 500 g/mol. The summed E-state index contributed by atoms with van der Waals surface area (Å²) in [7, 11) is -1.55. The van der Waals surface area contributed by atoms with Crippen LogP contribution in [-0.2, 0) is 42.3 Å². The van der Waals surface area contributed by atoms with Crippen LogP contribution < -0.4 is 16.2 Å². The van der Waals surface area contributed by atoms with Gasteiger partial charge in [-0.2, -0.15) is 0 Å². The fourth-order valence-corrected chi connectivity index (χ4v) is 6.07. The van der Waals surface area contributed by atoms with Gasteiger partial charge in [0.25, 0.3) is 0 Å². The van der Waals surface area contributed by atoms with Gasteiger partial charge >= 0.3 is 6.03 Å². The van der Waals surface area contributed by atoms with Crippen LogP contribution in [0.15, 0.2) is 15.0 Å². The van der Waals surface area contributed by atoms with Crippen molar-refractivity contribution in [1.82, 2.24) is 4.98 Å². The number of hydrogen-bond acceptors (Lipinski definition) is 5. The molecule has 0 aliphatic heterocycles. The SMILES string of the molecule is CC(C)(O)c1cnc(S(N)=O)s1.NC(=O)Nc1c2c(c(Br)c3c1CCC3)CCC2. The van der Waals surface area contributed by atoms with Crippen LogP contribution in [0.25, 0.3) is 0 Å². The van der Waals surface area contributed by atoms with E-state index in [0.717, 1.165) is 42.7 Å². The van der Waals surface area contributed by atoms with Crippen molar-refractivity contribution in [2.75, 3.05) is 5.32 Å². The van der Waals surface area contributed by atoms with Crippen molar-refractivity contribution in [2.45, 2.75) is 62.3 Å². The summed E-state index contributed by atoms with van der Waals surface area (Å²) in [6.07, 6.45) is 8.15. The number of carbonyl (C=O) groups excluding carboxylic acids is 1. The number of urea groups is 1. The number of aliphatic hydroxyl groups is 1. The van der Waals surface area contributed by atoms with E-state index in [9.17, 15) is 14.1 Å². The molecule has 2 aromatic rings. The number of nitrogens with one attached hydrogen (secondary N) is 1. The van der Waals surface area contributed by atoms with Gasteiger partial charge in [0.2, 0.25) is 0 Å². The van der Waals surface area contributed by atoms with Crippen LogP contribution >= 0.6 is 27.3 Å². The van der Waals surface area contributed by atoms with E-state index in [2.05, 4.69) is 26.2 Å². The molecule has 6 N–H and O–H groups in total. The Balaban J connectivity index is 0.000000177. The summed E-state index contributed by atoms with van der Waals surface area (Å²) in [5.74, 6) is 0. The fourth-order valence-electron chi connectivity index (χ4n) is 3.80. The zero-order valence-electron chi connectivity index (χ0n) is 16.4. The molecule has 7 nitrogen and oxygen atoms in total. The van der Waals surface area contributed by atoms with E-state index in [1.54, 1.807) is 13.8 Å². The number of benzene rings is 1. The van der Waals surface area contributed by atoms with Crippen LogP contribution in [0.3, 0.4) is 0 Å². The van der Waals surface area contributed by atoms with Crippen LogP contribution in [0, 0.1) is 0 Å². The zero-order chi connectivity index (χ0) is 21.3. The number of nitrogens with zero attached hydrogens (tertiary/aromatic N) is 1. The Morgan fingerprint density at radius 1 is 1.21 bits per heavy atom. The minimum Gasteiger partial charge on any atom is -0.385 e. The molecule has 0 radical (unpaired) electrons. The highest BCUT2D eigenvalue weighted by Gasteiger charge is 2.28. The third-order valence-electron chi connectivity index (χ3n) is 5.08. The van der Waals surface area contributed by atoms with Gasteiger partial charge < -0.3 is 16.2 Å². The molecule has 0 fully saturated rings. The molecule has 0 spiro atoms. The van der Waals surface area contributed by atoms with E-state index < -0.39 is 22.6 Å². The Morgan fingerprint density at radius 3 is 2.10 bits per heavy atom. The lowest BCUT2D eigenvalue weighted by Gasteiger charge is -2.17. The first kappa shape index (κ1) is 22.4. The number of thiazole rings is 1. The molecule has 1 aromatic carbocycles. The molecule has 158 valence electrons. The van der Waals surface area contributed by atoms with E-state index in [0.29, 0.717) is 9.22 Å². The molecule has 10 heteroatoms. The number of carbonyl (C=O) groups is 1. The number of primary amides is 1. The number of halogens is 1. The molecule has 1 atom stereocenters. The number of amides is 2. The molecule has 2 aliphatic rings. The van der Waals surface area contributed by atoms with Crippen molar-refractivity contribution in [2.24, 2.45) is 10.9 Å². The molecule has 0 saturated carbocycles. The number of aromatic nitrogens is 1. The average molecular weight is 501 g/mol. The highest BCUT2D eigenvalue weighted by Crippen LogP contribution is 2.44. The summed E-state index contributed by atoms with van der Waals surface area (Å²) >= 11 is 4.90. The summed E-state index contributed by atoms with van der Waals surface area (Å²) in [5, 5.41) is 17.5. The molecule has 1 aromatic heterocycles. The van der Waals surface area contributed by atoms with Crippen molar-refractivity contribution in [1.29, 1.82) is 0 Å². The molecule has 29 heavy (non-hydrogen) atoms. The maximum atomic E-state index is 11.2. The first-order valence-electron chi connectivity index (χ1n) is 9.35. The quantitative estimate of drug-likeness (QED) is 0.514. The zero-order valence-corrected chi connectivity index (χ0v) is 19.6. The molecule has 0 bridgehead atoms. The summed E-state index contributed by atoms with van der Waals surface area (Å²) < 4.78 is 12.4. The number of fused-ring (bicyclic) bond motifs is 2. The van der Waals surface area contributed by atoms with Crippen molar-refractivity contribution >= 4 is 50.0 Å². The van der Waals surface area contributed by atoms with Crippen LogP contribution in [0.4, 0.5) is 10.5 Å². The van der Waals surface area contributed by atoms with Gasteiger partial charge in [-0.05, 0) is 74.6 Å². The smallest absolute Gasteiger partial charge is 0.316 e. The standard InChI is InChI=1S/C13H15BrN2O.C6H10N2O2S2/c14-11-7-3-1-5-9(7)12(16-13(15)17)10-6-2-4-8(10)11;1-6(2,9)4-3-8-5(11-4)12(7)10/h1-6H2,(H3,15,16,17);3,9H,7H2,1-2H3. The van der Waals surface area contributed by atoms with Gasteiger partial charge in [0.1, 0.15) is 0 Å². The Bertz CT molecular complexity index is 934. The lowest BCUT2D eigenvalue weighted by molar-refractivity contribution is 0.0823. The van der Waals surface area contributed by atoms with Gasteiger partial charge in [0.15, 0.2) is 15.3 Å². The molecule has 1 unspecified atom stereocenters. The Morgan fingerprint density at radius 2 is 1.72 bits per heavy atom. The van der Waals surface area contributed by atoms with Crippen molar-refractivity contribution in [3.05, 3.63) is 37.8 Å². The molecular weight excluding hydrogens is 476 g/mol. The summed E-state index contributed by atoms with van der Waals surface area (Å²) in [4.78, 5) is 15.6. The third-order valence-corrected chi connectivity index (χ3v) is 8.33. The molecular formula is C19H25BrN4O3S2. The maximum absolute atomic E-state index is 11.2. The Kier molecular flexibility index (Phi) is 6.79. The van der Waals surface area contributed by atoms with Gasteiger partial charge in [-0.1, -0.05) is 15.9 Å². The van der Waals surface area contributed by atoms with E-state index in [1.807, 2.05) is 0 Å². The number of nitrogens with two attached hydrogens (primary N) is 2. The first-order chi connectivity index (χ1) is 13.6. The van der Waals surface area contributed by atoms with Crippen LogP contribution in [-0.4, -0.2) is 20.3 Å².